The molecular formula is C17H26ClN3O3S. The zero-order valence-corrected chi connectivity index (χ0v) is 16.1. The Kier molecular flexibility index (Phi) is 6.85. The van der Waals surface area contributed by atoms with Crippen LogP contribution in [0.4, 0.5) is 0 Å². The van der Waals surface area contributed by atoms with Crippen molar-refractivity contribution in [3.05, 3.63) is 30.3 Å². The summed E-state index contributed by atoms with van der Waals surface area (Å²) in [6.45, 7) is 5.69. The van der Waals surface area contributed by atoms with Crippen molar-refractivity contribution in [1.29, 1.82) is 0 Å². The normalized spacial score (nSPS) is 20.9. The predicted octanol–water partition coefficient (Wildman–Crippen LogP) is 1.19. The molecule has 0 bridgehead atoms. The average Bonchev–Trinajstić information content (AvgIpc) is 2.80. The van der Waals surface area contributed by atoms with Crippen LogP contribution in [0.15, 0.2) is 35.2 Å². The van der Waals surface area contributed by atoms with Gasteiger partial charge in [-0.05, 0) is 37.6 Å². The molecule has 0 spiro atoms. The van der Waals surface area contributed by atoms with Crippen LogP contribution in [0, 0.1) is 11.8 Å². The van der Waals surface area contributed by atoms with Crippen molar-refractivity contribution in [3.8, 4) is 0 Å². The van der Waals surface area contributed by atoms with E-state index < -0.39 is 10.0 Å². The van der Waals surface area contributed by atoms with Gasteiger partial charge in [-0.3, -0.25) is 4.79 Å². The number of hydrogen-bond donors (Lipinski definition) is 1. The molecule has 1 unspecified atom stereocenters. The molecule has 8 heteroatoms. The van der Waals surface area contributed by atoms with Crippen molar-refractivity contribution in [2.75, 3.05) is 39.3 Å². The van der Waals surface area contributed by atoms with E-state index in [9.17, 15) is 13.2 Å². The highest BCUT2D eigenvalue weighted by Gasteiger charge is 2.33. The van der Waals surface area contributed by atoms with Gasteiger partial charge in [0.05, 0.1) is 4.90 Å². The van der Waals surface area contributed by atoms with E-state index in [0.717, 1.165) is 13.1 Å². The van der Waals surface area contributed by atoms with Crippen molar-refractivity contribution < 1.29 is 13.2 Å². The van der Waals surface area contributed by atoms with Gasteiger partial charge in [-0.25, -0.2) is 8.42 Å². The van der Waals surface area contributed by atoms with Crippen molar-refractivity contribution >= 4 is 28.3 Å². The van der Waals surface area contributed by atoms with Crippen molar-refractivity contribution in [3.63, 3.8) is 0 Å². The maximum absolute atomic E-state index is 12.7. The van der Waals surface area contributed by atoms with Crippen LogP contribution in [0.25, 0.3) is 0 Å². The minimum atomic E-state index is -3.48. The van der Waals surface area contributed by atoms with Crippen LogP contribution in [-0.2, 0) is 14.8 Å². The smallest absolute Gasteiger partial charge is 0.243 e. The molecule has 2 aliphatic heterocycles. The van der Waals surface area contributed by atoms with E-state index in [1.54, 1.807) is 30.3 Å². The van der Waals surface area contributed by atoms with Crippen molar-refractivity contribution in [1.82, 2.24) is 14.5 Å². The lowest BCUT2D eigenvalue weighted by molar-refractivity contribution is -0.137. The summed E-state index contributed by atoms with van der Waals surface area (Å²) < 4.78 is 27.0. The largest absolute Gasteiger partial charge is 0.341 e. The van der Waals surface area contributed by atoms with Crippen molar-refractivity contribution in [2.45, 2.75) is 18.2 Å². The standard InChI is InChI=1S/C17H25N3O3S.ClH/c1-14(15-12-18-13-15)17(21)19-8-5-9-20(11-10-19)24(22,23)16-6-3-2-4-7-16;/h2-4,6-7,14-15,18H,5,8-13H2,1H3;1H. The Morgan fingerprint density at radius 1 is 1.12 bits per heavy atom. The summed E-state index contributed by atoms with van der Waals surface area (Å²) in [5.41, 5.74) is 0. The lowest BCUT2D eigenvalue weighted by Gasteiger charge is -2.34. The van der Waals surface area contributed by atoms with E-state index in [0.29, 0.717) is 43.4 Å². The summed E-state index contributed by atoms with van der Waals surface area (Å²) in [7, 11) is -3.48. The Morgan fingerprint density at radius 3 is 2.40 bits per heavy atom. The molecule has 0 aromatic heterocycles. The van der Waals surface area contributed by atoms with Gasteiger partial charge < -0.3 is 10.2 Å². The van der Waals surface area contributed by atoms with Crippen LogP contribution in [0.1, 0.15) is 13.3 Å². The number of carbonyl (C=O) groups excluding carboxylic acids is 1. The quantitative estimate of drug-likeness (QED) is 0.842. The van der Waals surface area contributed by atoms with Crippen LogP contribution < -0.4 is 5.32 Å². The van der Waals surface area contributed by atoms with E-state index >= 15 is 0 Å². The van der Waals surface area contributed by atoms with Crippen LogP contribution >= 0.6 is 12.4 Å². The fourth-order valence-corrected chi connectivity index (χ4v) is 4.74. The van der Waals surface area contributed by atoms with Crippen LogP contribution in [0.5, 0.6) is 0 Å². The number of rotatable bonds is 4. The number of nitrogens with zero attached hydrogens (tertiary/aromatic N) is 2. The van der Waals surface area contributed by atoms with E-state index in [2.05, 4.69) is 5.32 Å². The second kappa shape index (κ2) is 8.49. The van der Waals surface area contributed by atoms with Gasteiger partial charge in [-0.15, -0.1) is 12.4 Å². The Hall–Kier alpha value is -1.15. The second-order valence-electron chi connectivity index (χ2n) is 6.60. The molecule has 1 atom stereocenters. The number of amides is 1. The van der Waals surface area contributed by atoms with Gasteiger partial charge in [0.15, 0.2) is 0 Å². The molecule has 140 valence electrons. The number of halogens is 1. The van der Waals surface area contributed by atoms with Gasteiger partial charge in [-0.1, -0.05) is 25.1 Å². The molecule has 1 N–H and O–H groups in total. The van der Waals surface area contributed by atoms with E-state index in [1.165, 1.54) is 4.31 Å². The third-order valence-corrected chi connectivity index (χ3v) is 6.97. The number of carbonyl (C=O) groups is 1. The minimum absolute atomic E-state index is 0. The second-order valence-corrected chi connectivity index (χ2v) is 8.54. The fraction of sp³-hybridized carbons (Fsp3) is 0.588. The molecule has 2 aliphatic rings. The fourth-order valence-electron chi connectivity index (χ4n) is 3.25. The topological polar surface area (TPSA) is 69.7 Å². The summed E-state index contributed by atoms with van der Waals surface area (Å²) in [4.78, 5) is 14.8. The Balaban J connectivity index is 0.00000225. The molecule has 0 radical (unpaired) electrons. The zero-order chi connectivity index (χ0) is 17.2. The highest BCUT2D eigenvalue weighted by Crippen LogP contribution is 2.21. The molecule has 2 fully saturated rings. The first-order chi connectivity index (χ1) is 11.5. The maximum Gasteiger partial charge on any atom is 0.243 e. The van der Waals surface area contributed by atoms with E-state index in [4.69, 9.17) is 0 Å². The number of hydrogen-bond acceptors (Lipinski definition) is 4. The highest BCUT2D eigenvalue weighted by molar-refractivity contribution is 7.89. The maximum atomic E-state index is 12.7. The summed E-state index contributed by atoms with van der Waals surface area (Å²) in [5.74, 6) is 0.564. The summed E-state index contributed by atoms with van der Waals surface area (Å²) in [5, 5.41) is 3.20. The molecule has 2 heterocycles. The molecule has 25 heavy (non-hydrogen) atoms. The van der Waals surface area contributed by atoms with Gasteiger partial charge in [0.25, 0.3) is 0 Å². The van der Waals surface area contributed by atoms with E-state index in [1.807, 2.05) is 11.8 Å². The molecule has 6 nitrogen and oxygen atoms in total. The molecule has 0 saturated carbocycles. The monoisotopic (exact) mass is 387 g/mol. The minimum Gasteiger partial charge on any atom is -0.341 e. The SMILES string of the molecule is CC(C(=O)N1CCCN(S(=O)(=O)c2ccccc2)CC1)C1CNC1.Cl. The van der Waals surface area contributed by atoms with E-state index in [-0.39, 0.29) is 24.2 Å². The van der Waals surface area contributed by atoms with Gasteiger partial charge >= 0.3 is 0 Å². The van der Waals surface area contributed by atoms with Crippen LogP contribution in [-0.4, -0.2) is 62.8 Å². The summed E-state index contributed by atoms with van der Waals surface area (Å²) in [6, 6.07) is 8.51. The first-order valence-electron chi connectivity index (χ1n) is 8.55. The average molecular weight is 388 g/mol. The lowest BCUT2D eigenvalue weighted by Crippen LogP contribution is -2.51. The Labute approximate surface area is 156 Å². The predicted molar refractivity (Wildman–Crippen MR) is 99.2 cm³/mol. The number of benzene rings is 1. The summed E-state index contributed by atoms with van der Waals surface area (Å²) in [6.07, 6.45) is 0.674. The Morgan fingerprint density at radius 2 is 1.80 bits per heavy atom. The van der Waals surface area contributed by atoms with Gasteiger partial charge in [0.2, 0.25) is 15.9 Å². The first kappa shape index (κ1) is 20.2. The van der Waals surface area contributed by atoms with Gasteiger partial charge in [0.1, 0.15) is 0 Å². The molecule has 1 aromatic rings. The molecule has 3 rings (SSSR count). The molecule has 0 aliphatic carbocycles. The summed E-state index contributed by atoms with van der Waals surface area (Å²) >= 11 is 0. The third kappa shape index (κ3) is 4.34. The van der Waals surface area contributed by atoms with Gasteiger partial charge in [-0.2, -0.15) is 4.31 Å². The molecule has 1 aromatic carbocycles. The zero-order valence-electron chi connectivity index (χ0n) is 14.4. The number of sulfonamides is 1. The van der Waals surface area contributed by atoms with Gasteiger partial charge in [0, 0.05) is 32.1 Å². The molecule has 1 amide bonds. The molecule has 2 saturated heterocycles. The lowest BCUT2D eigenvalue weighted by atomic mass is 9.88. The molecular weight excluding hydrogens is 362 g/mol. The van der Waals surface area contributed by atoms with Crippen molar-refractivity contribution in [2.24, 2.45) is 11.8 Å². The van der Waals surface area contributed by atoms with Crippen LogP contribution in [0.3, 0.4) is 0 Å². The number of nitrogens with one attached hydrogen (secondary N) is 1. The third-order valence-electron chi connectivity index (χ3n) is 5.06. The Bertz CT molecular complexity index is 680. The highest BCUT2D eigenvalue weighted by atomic mass is 35.5. The van der Waals surface area contributed by atoms with Crippen LogP contribution in [0.2, 0.25) is 0 Å². The first-order valence-corrected chi connectivity index (χ1v) is 9.99.